The summed E-state index contributed by atoms with van der Waals surface area (Å²) in [6.07, 6.45) is 6.68. The molecule has 0 aliphatic carbocycles. The molecule has 0 heteroatoms. The molecule has 0 radical (unpaired) electrons. The summed E-state index contributed by atoms with van der Waals surface area (Å²) in [4.78, 5) is 0. The highest BCUT2D eigenvalue weighted by Gasteiger charge is 2.05. The third kappa shape index (κ3) is 4.76. The molecule has 0 aliphatic heterocycles. The first-order chi connectivity index (χ1) is 17.8. The van der Waals surface area contributed by atoms with Gasteiger partial charge in [-0.1, -0.05) is 133 Å². The van der Waals surface area contributed by atoms with Gasteiger partial charge in [0.25, 0.3) is 0 Å². The van der Waals surface area contributed by atoms with E-state index in [0.29, 0.717) is 0 Å². The maximum atomic E-state index is 2.29. The van der Waals surface area contributed by atoms with E-state index in [2.05, 4.69) is 158 Å². The lowest BCUT2D eigenvalue weighted by atomic mass is 9.95. The van der Waals surface area contributed by atoms with Crippen molar-refractivity contribution < 1.29 is 0 Å². The molecule has 0 aliphatic rings. The minimum absolute atomic E-state index is 1.20. The fourth-order valence-electron chi connectivity index (χ4n) is 4.72. The first-order valence-electron chi connectivity index (χ1n) is 12.4. The van der Waals surface area contributed by atoms with E-state index in [9.17, 15) is 0 Å². The molecule has 0 nitrogen and oxygen atoms in total. The van der Waals surface area contributed by atoms with E-state index in [1.165, 1.54) is 54.9 Å². The minimum atomic E-state index is 1.20. The predicted octanol–water partition coefficient (Wildman–Crippen LogP) is 9.75. The Labute approximate surface area is 212 Å². The van der Waals surface area contributed by atoms with Crippen LogP contribution in [0.15, 0.2) is 140 Å². The van der Waals surface area contributed by atoms with Gasteiger partial charge in [-0.15, -0.1) is 0 Å². The zero-order chi connectivity index (χ0) is 24.2. The molecular formula is C36H26. The molecule has 36 heavy (non-hydrogen) atoms. The van der Waals surface area contributed by atoms with Crippen molar-refractivity contribution in [3.63, 3.8) is 0 Å². The van der Waals surface area contributed by atoms with Crippen LogP contribution in [-0.4, -0.2) is 0 Å². The Bertz CT molecular complexity index is 1660. The molecule has 0 aromatic heterocycles. The van der Waals surface area contributed by atoms with Gasteiger partial charge in [-0.05, 0) is 79.2 Å². The van der Waals surface area contributed by atoms with E-state index in [4.69, 9.17) is 0 Å². The van der Waals surface area contributed by atoms with E-state index in [1.807, 2.05) is 0 Å². The van der Waals surface area contributed by atoms with Gasteiger partial charge in [0.15, 0.2) is 0 Å². The molecule has 6 rings (SSSR count). The average molecular weight is 459 g/mol. The topological polar surface area (TPSA) is 0 Å². The highest BCUT2D eigenvalue weighted by molar-refractivity contribution is 5.94. The van der Waals surface area contributed by atoms with Crippen LogP contribution >= 0.6 is 0 Å². The Morgan fingerprint density at radius 3 is 1.36 bits per heavy atom. The van der Waals surface area contributed by atoms with Crippen LogP contribution in [-0.2, 0) is 0 Å². The van der Waals surface area contributed by atoms with E-state index in [0.717, 1.165) is 0 Å². The van der Waals surface area contributed by atoms with Crippen LogP contribution in [0.3, 0.4) is 0 Å². The second-order valence-electron chi connectivity index (χ2n) is 9.10. The van der Waals surface area contributed by atoms with Crippen LogP contribution in [0.1, 0.15) is 27.8 Å². The second kappa shape index (κ2) is 9.90. The molecule has 0 unspecified atom stereocenters. The van der Waals surface area contributed by atoms with E-state index in [1.54, 1.807) is 0 Å². The molecule has 0 saturated carbocycles. The van der Waals surface area contributed by atoms with Gasteiger partial charge in [-0.25, -0.2) is 0 Å². The molecule has 0 saturated heterocycles. The molecule has 0 bridgehead atoms. The summed E-state index contributed by atoms with van der Waals surface area (Å²) in [6.45, 7) is 0. The molecule has 0 atom stereocenters. The maximum absolute atomic E-state index is 2.29. The van der Waals surface area contributed by atoms with Gasteiger partial charge < -0.3 is 0 Å². The highest BCUT2D eigenvalue weighted by atomic mass is 14.1. The molecule has 170 valence electrons. The molecule has 0 spiro atoms. The van der Waals surface area contributed by atoms with Crippen molar-refractivity contribution in [1.82, 2.24) is 0 Å². The largest absolute Gasteiger partial charge is 0.0622 e. The fraction of sp³-hybridized carbons (Fsp3) is 0. The molecular weight excluding hydrogens is 432 g/mol. The summed E-state index contributed by atoms with van der Waals surface area (Å²) in [6, 6.07) is 49.7. The third-order valence-electron chi connectivity index (χ3n) is 6.61. The molecule has 6 aromatic rings. The van der Waals surface area contributed by atoms with Gasteiger partial charge in [0, 0.05) is 0 Å². The van der Waals surface area contributed by atoms with E-state index in [-0.39, 0.29) is 0 Å². The summed E-state index contributed by atoms with van der Waals surface area (Å²) < 4.78 is 0. The lowest BCUT2D eigenvalue weighted by Crippen LogP contribution is -1.88. The summed E-state index contributed by atoms with van der Waals surface area (Å²) in [5, 5.41) is 5.03. The van der Waals surface area contributed by atoms with E-state index >= 15 is 0 Å². The van der Waals surface area contributed by atoms with Crippen molar-refractivity contribution in [1.29, 1.82) is 0 Å². The Morgan fingerprint density at radius 2 is 0.778 bits per heavy atom. The number of hydrogen-bond donors (Lipinski definition) is 0. The van der Waals surface area contributed by atoms with Crippen LogP contribution in [0.25, 0.3) is 45.3 Å². The summed E-state index contributed by atoms with van der Waals surface area (Å²) in [7, 11) is 0. The molecule has 0 amide bonds. The SMILES string of the molecule is C(=Cc1ccc2cc(C=C(c3ccccc3)c3ccccc3)ccc2c1)c1ccc2ccccc2c1. The second-order valence-corrected chi connectivity index (χ2v) is 9.10. The Kier molecular flexibility index (Phi) is 6.00. The summed E-state index contributed by atoms with van der Waals surface area (Å²) in [5.41, 5.74) is 7.28. The molecule has 0 heterocycles. The van der Waals surface area contributed by atoms with Gasteiger partial charge >= 0.3 is 0 Å². The number of hydrogen-bond acceptors (Lipinski definition) is 0. The van der Waals surface area contributed by atoms with Gasteiger partial charge in [0.2, 0.25) is 0 Å². The minimum Gasteiger partial charge on any atom is -0.0622 e. The standard InChI is InChI=1S/C36H26/c1-3-10-31(11-4-1)36(32-12-5-2-6-13-32)26-29-19-22-34-24-28(18-21-35(34)25-29)16-15-27-17-20-30-9-7-8-14-33(30)23-27/h1-26H. The van der Waals surface area contributed by atoms with Crippen LogP contribution in [0.4, 0.5) is 0 Å². The first-order valence-corrected chi connectivity index (χ1v) is 12.4. The predicted molar refractivity (Wildman–Crippen MR) is 157 cm³/mol. The lowest BCUT2D eigenvalue weighted by molar-refractivity contribution is 1.55. The van der Waals surface area contributed by atoms with Crippen molar-refractivity contribution >= 4 is 45.3 Å². The Hall–Kier alpha value is -4.68. The first kappa shape index (κ1) is 21.8. The third-order valence-corrected chi connectivity index (χ3v) is 6.61. The molecule has 6 aromatic carbocycles. The fourth-order valence-corrected chi connectivity index (χ4v) is 4.72. The number of rotatable bonds is 5. The molecule has 0 fully saturated rings. The van der Waals surface area contributed by atoms with Crippen molar-refractivity contribution in [2.45, 2.75) is 0 Å². The molecule has 0 N–H and O–H groups in total. The highest BCUT2D eigenvalue weighted by Crippen LogP contribution is 2.28. The summed E-state index contributed by atoms with van der Waals surface area (Å²) >= 11 is 0. The van der Waals surface area contributed by atoms with Crippen LogP contribution < -0.4 is 0 Å². The number of benzene rings is 6. The van der Waals surface area contributed by atoms with Crippen LogP contribution in [0, 0.1) is 0 Å². The van der Waals surface area contributed by atoms with Gasteiger partial charge in [0.1, 0.15) is 0 Å². The van der Waals surface area contributed by atoms with Gasteiger partial charge in [-0.3, -0.25) is 0 Å². The van der Waals surface area contributed by atoms with Crippen molar-refractivity contribution in [2.75, 3.05) is 0 Å². The van der Waals surface area contributed by atoms with Crippen molar-refractivity contribution in [3.05, 3.63) is 167 Å². The van der Waals surface area contributed by atoms with E-state index < -0.39 is 0 Å². The van der Waals surface area contributed by atoms with Crippen LogP contribution in [0.2, 0.25) is 0 Å². The normalized spacial score (nSPS) is 11.2. The zero-order valence-corrected chi connectivity index (χ0v) is 20.0. The monoisotopic (exact) mass is 458 g/mol. The summed E-state index contributed by atoms with van der Waals surface area (Å²) in [5.74, 6) is 0. The van der Waals surface area contributed by atoms with Crippen LogP contribution in [0.5, 0.6) is 0 Å². The average Bonchev–Trinajstić information content (AvgIpc) is 2.95. The maximum Gasteiger partial charge on any atom is -0.0105 e. The number of fused-ring (bicyclic) bond motifs is 2. The smallest absolute Gasteiger partial charge is 0.0105 e. The Morgan fingerprint density at radius 1 is 0.361 bits per heavy atom. The Balaban J connectivity index is 1.31. The van der Waals surface area contributed by atoms with Gasteiger partial charge in [-0.2, -0.15) is 0 Å². The van der Waals surface area contributed by atoms with Crippen molar-refractivity contribution in [3.8, 4) is 0 Å². The zero-order valence-electron chi connectivity index (χ0n) is 20.0. The van der Waals surface area contributed by atoms with Crippen molar-refractivity contribution in [2.24, 2.45) is 0 Å². The quantitative estimate of drug-likeness (QED) is 0.226. The lowest BCUT2D eigenvalue weighted by Gasteiger charge is -2.10. The van der Waals surface area contributed by atoms with Gasteiger partial charge in [0.05, 0.1) is 0 Å².